The molecule has 0 amide bonds. The van der Waals surface area contributed by atoms with Crippen molar-refractivity contribution in [1.29, 1.82) is 0 Å². The number of aromatic nitrogens is 2. The van der Waals surface area contributed by atoms with Gasteiger partial charge in [0.1, 0.15) is 11.5 Å². The van der Waals surface area contributed by atoms with Crippen molar-refractivity contribution in [3.63, 3.8) is 0 Å². The highest BCUT2D eigenvalue weighted by Crippen LogP contribution is 2.27. The molecule has 1 unspecified atom stereocenters. The van der Waals surface area contributed by atoms with Gasteiger partial charge in [0.2, 0.25) is 0 Å². The molecule has 0 aliphatic carbocycles. The second-order valence-corrected chi connectivity index (χ2v) is 5.24. The molecule has 2 aromatic heterocycles. The molecule has 0 fully saturated rings. The van der Waals surface area contributed by atoms with Gasteiger partial charge >= 0.3 is 0 Å². The van der Waals surface area contributed by atoms with Crippen molar-refractivity contribution in [1.82, 2.24) is 9.78 Å². The van der Waals surface area contributed by atoms with Crippen LogP contribution in [0, 0.1) is 13.8 Å². The lowest BCUT2D eigenvalue weighted by atomic mass is 10.0. The van der Waals surface area contributed by atoms with E-state index in [-0.39, 0.29) is 6.04 Å². The molecular weight excluding hydrogens is 262 g/mol. The van der Waals surface area contributed by atoms with Crippen molar-refractivity contribution in [2.24, 2.45) is 12.8 Å². The first-order chi connectivity index (χ1) is 8.93. The Morgan fingerprint density at radius 3 is 2.63 bits per heavy atom. The summed E-state index contributed by atoms with van der Waals surface area (Å²) in [6.07, 6.45) is 1.48. The monoisotopic (exact) mass is 281 g/mol. The number of rotatable bonds is 4. The van der Waals surface area contributed by atoms with E-state index in [2.05, 4.69) is 5.10 Å². The highest BCUT2D eigenvalue weighted by atomic mass is 35.5. The molecule has 0 saturated carbocycles. The van der Waals surface area contributed by atoms with Gasteiger partial charge in [-0.25, -0.2) is 0 Å². The van der Waals surface area contributed by atoms with Gasteiger partial charge in [-0.2, -0.15) is 5.10 Å². The fraction of sp³-hybridized carbons (Fsp3) is 0.500. The van der Waals surface area contributed by atoms with Gasteiger partial charge < -0.3 is 10.2 Å². The van der Waals surface area contributed by atoms with Gasteiger partial charge in [0.05, 0.1) is 16.4 Å². The average Bonchev–Trinajstić information content (AvgIpc) is 2.82. The van der Waals surface area contributed by atoms with Crippen molar-refractivity contribution in [2.75, 3.05) is 0 Å². The molecule has 19 heavy (non-hydrogen) atoms. The van der Waals surface area contributed by atoms with Gasteiger partial charge in [-0.1, -0.05) is 18.5 Å². The lowest BCUT2D eigenvalue weighted by molar-refractivity contribution is 0.496. The van der Waals surface area contributed by atoms with E-state index in [1.54, 1.807) is 0 Å². The summed E-state index contributed by atoms with van der Waals surface area (Å²) in [4.78, 5) is 0. The Bertz CT molecular complexity index is 586. The Morgan fingerprint density at radius 1 is 1.47 bits per heavy atom. The topological polar surface area (TPSA) is 57.0 Å². The minimum Gasteiger partial charge on any atom is -0.466 e. The molecule has 2 N–H and O–H groups in total. The van der Waals surface area contributed by atoms with Crippen molar-refractivity contribution >= 4 is 11.6 Å². The van der Waals surface area contributed by atoms with Crippen molar-refractivity contribution in [3.8, 4) is 0 Å². The molecule has 2 heterocycles. The fourth-order valence-electron chi connectivity index (χ4n) is 2.38. The van der Waals surface area contributed by atoms with E-state index in [1.165, 1.54) is 0 Å². The van der Waals surface area contributed by atoms with Crippen LogP contribution in [-0.4, -0.2) is 9.78 Å². The molecule has 2 rings (SSSR count). The molecule has 0 spiro atoms. The van der Waals surface area contributed by atoms with Crippen LogP contribution in [0.25, 0.3) is 0 Å². The van der Waals surface area contributed by atoms with E-state index in [1.807, 2.05) is 38.6 Å². The Balaban J connectivity index is 2.26. The minimum atomic E-state index is -0.130. The molecule has 0 aliphatic rings. The highest BCUT2D eigenvalue weighted by molar-refractivity contribution is 6.31. The van der Waals surface area contributed by atoms with Gasteiger partial charge in [0.25, 0.3) is 0 Å². The van der Waals surface area contributed by atoms with E-state index < -0.39 is 0 Å². The largest absolute Gasteiger partial charge is 0.466 e. The van der Waals surface area contributed by atoms with E-state index in [4.69, 9.17) is 21.8 Å². The van der Waals surface area contributed by atoms with Crippen molar-refractivity contribution in [2.45, 2.75) is 39.7 Å². The van der Waals surface area contributed by atoms with Gasteiger partial charge in [0, 0.05) is 25.1 Å². The summed E-state index contributed by atoms with van der Waals surface area (Å²) in [6, 6.07) is 1.86. The third-order valence-electron chi connectivity index (χ3n) is 3.40. The van der Waals surface area contributed by atoms with Crippen LogP contribution in [-0.2, 0) is 19.9 Å². The van der Waals surface area contributed by atoms with Crippen molar-refractivity contribution in [3.05, 3.63) is 39.6 Å². The third-order valence-corrected chi connectivity index (χ3v) is 3.83. The predicted octanol–water partition coefficient (Wildman–Crippen LogP) is 3.09. The SMILES string of the molecule is CCc1nn(C)c(CC(N)c2cc(C)oc2C)c1Cl. The average molecular weight is 282 g/mol. The van der Waals surface area contributed by atoms with Gasteiger partial charge in [-0.15, -0.1) is 0 Å². The fourth-order valence-corrected chi connectivity index (χ4v) is 2.75. The summed E-state index contributed by atoms with van der Waals surface area (Å²) in [7, 11) is 1.90. The summed E-state index contributed by atoms with van der Waals surface area (Å²) in [5.74, 6) is 1.76. The predicted molar refractivity (Wildman–Crippen MR) is 76.4 cm³/mol. The standard InChI is InChI=1S/C14H20ClN3O/c1-5-12-14(15)13(18(4)17-12)7-11(16)10-6-8(2)19-9(10)3/h6,11H,5,7,16H2,1-4H3. The van der Waals surface area contributed by atoms with Crippen molar-refractivity contribution < 1.29 is 4.42 Å². The van der Waals surface area contributed by atoms with Gasteiger partial charge in [-0.3, -0.25) is 4.68 Å². The van der Waals surface area contributed by atoms with E-state index in [0.29, 0.717) is 6.42 Å². The van der Waals surface area contributed by atoms with Crippen LogP contribution in [0.2, 0.25) is 5.02 Å². The van der Waals surface area contributed by atoms with Crippen LogP contribution in [0.5, 0.6) is 0 Å². The Morgan fingerprint density at radius 2 is 2.16 bits per heavy atom. The highest BCUT2D eigenvalue weighted by Gasteiger charge is 2.19. The second kappa shape index (κ2) is 5.39. The summed E-state index contributed by atoms with van der Waals surface area (Å²) in [6.45, 7) is 5.90. The normalized spacial score (nSPS) is 12.9. The molecule has 0 bridgehead atoms. The summed E-state index contributed by atoms with van der Waals surface area (Å²) in [5, 5.41) is 5.14. The smallest absolute Gasteiger partial charge is 0.105 e. The molecule has 5 heteroatoms. The minimum absolute atomic E-state index is 0.130. The molecule has 104 valence electrons. The molecule has 0 saturated heterocycles. The first-order valence-electron chi connectivity index (χ1n) is 6.46. The Labute approximate surface area is 118 Å². The molecule has 1 atom stereocenters. The lowest BCUT2D eigenvalue weighted by Crippen LogP contribution is -2.16. The molecule has 4 nitrogen and oxygen atoms in total. The number of nitrogens with zero attached hydrogens (tertiary/aromatic N) is 2. The van der Waals surface area contributed by atoms with E-state index in [9.17, 15) is 0 Å². The summed E-state index contributed by atoms with van der Waals surface area (Å²) in [5.41, 5.74) is 9.20. The molecular formula is C14H20ClN3O. The maximum atomic E-state index is 6.34. The van der Waals surface area contributed by atoms with Crippen LogP contribution in [0.3, 0.4) is 0 Å². The maximum absolute atomic E-state index is 6.34. The number of furan rings is 1. The summed E-state index contributed by atoms with van der Waals surface area (Å²) < 4.78 is 7.35. The zero-order valence-corrected chi connectivity index (χ0v) is 12.6. The maximum Gasteiger partial charge on any atom is 0.105 e. The number of nitrogens with two attached hydrogens (primary N) is 1. The number of hydrogen-bond donors (Lipinski definition) is 1. The Hall–Kier alpha value is -1.26. The van der Waals surface area contributed by atoms with Crippen LogP contribution in [0.15, 0.2) is 10.5 Å². The van der Waals surface area contributed by atoms with E-state index >= 15 is 0 Å². The molecule has 0 aromatic carbocycles. The molecule has 0 aliphatic heterocycles. The van der Waals surface area contributed by atoms with Crippen LogP contribution in [0.4, 0.5) is 0 Å². The third kappa shape index (κ3) is 2.69. The quantitative estimate of drug-likeness (QED) is 0.937. The Kier molecular flexibility index (Phi) is 4.02. The second-order valence-electron chi connectivity index (χ2n) is 4.86. The lowest BCUT2D eigenvalue weighted by Gasteiger charge is -2.11. The molecule has 0 radical (unpaired) electrons. The number of aryl methyl sites for hydroxylation is 4. The zero-order valence-electron chi connectivity index (χ0n) is 11.8. The summed E-state index contributed by atoms with van der Waals surface area (Å²) >= 11 is 6.34. The molecule has 2 aromatic rings. The zero-order chi connectivity index (χ0) is 14.2. The van der Waals surface area contributed by atoms with Crippen LogP contribution in [0.1, 0.15) is 41.4 Å². The van der Waals surface area contributed by atoms with Crippen LogP contribution >= 0.6 is 11.6 Å². The number of halogens is 1. The van der Waals surface area contributed by atoms with Crippen LogP contribution < -0.4 is 5.73 Å². The first kappa shape index (κ1) is 14.2. The van der Waals surface area contributed by atoms with E-state index in [0.717, 1.165) is 39.9 Å². The first-order valence-corrected chi connectivity index (χ1v) is 6.84. The number of hydrogen-bond acceptors (Lipinski definition) is 3. The van der Waals surface area contributed by atoms with Gasteiger partial charge in [-0.05, 0) is 26.3 Å². The van der Waals surface area contributed by atoms with Gasteiger partial charge in [0.15, 0.2) is 0 Å².